The van der Waals surface area contributed by atoms with E-state index in [1.165, 1.54) is 0 Å². The maximum Gasteiger partial charge on any atom is 0.315 e. The second-order valence-corrected chi connectivity index (χ2v) is 7.88. The highest BCUT2D eigenvalue weighted by atomic mass is 35.5. The molecule has 0 bridgehead atoms. The first-order valence-corrected chi connectivity index (χ1v) is 9.81. The van der Waals surface area contributed by atoms with Gasteiger partial charge in [0.2, 0.25) is 0 Å². The van der Waals surface area contributed by atoms with E-state index in [9.17, 15) is 4.79 Å². The lowest BCUT2D eigenvalue weighted by molar-refractivity contribution is 0.0167. The quantitative estimate of drug-likeness (QED) is 0.790. The Morgan fingerprint density at radius 2 is 2.04 bits per heavy atom. The molecule has 1 fully saturated rings. The van der Waals surface area contributed by atoms with Gasteiger partial charge in [-0.2, -0.15) is 0 Å². The molecular weight excluding hydrogens is 372 g/mol. The van der Waals surface area contributed by atoms with E-state index in [2.05, 4.69) is 20.5 Å². The highest BCUT2D eigenvalue weighted by Crippen LogP contribution is 2.23. The third-order valence-electron chi connectivity index (χ3n) is 4.29. The van der Waals surface area contributed by atoms with Crippen molar-refractivity contribution < 1.29 is 9.53 Å². The molecule has 0 aliphatic carbocycles. The lowest BCUT2D eigenvalue weighted by Crippen LogP contribution is -2.45. The van der Waals surface area contributed by atoms with Crippen molar-refractivity contribution in [3.05, 3.63) is 50.9 Å². The molecule has 1 aromatic heterocycles. The van der Waals surface area contributed by atoms with Gasteiger partial charge in [0.1, 0.15) is 0 Å². The van der Waals surface area contributed by atoms with Crippen LogP contribution in [-0.2, 0) is 11.3 Å². The summed E-state index contributed by atoms with van der Waals surface area (Å²) >= 11 is 7.60. The summed E-state index contributed by atoms with van der Waals surface area (Å²) in [6.07, 6.45) is 1.80. The fourth-order valence-corrected chi connectivity index (χ4v) is 3.80. The van der Waals surface area contributed by atoms with Crippen LogP contribution in [0.25, 0.3) is 0 Å². The van der Waals surface area contributed by atoms with Crippen LogP contribution in [0, 0.1) is 6.92 Å². The number of halogens is 1. The normalized spacial score (nSPS) is 16.2. The standard InChI is InChI=1S/C18H23ClN4O2S/c1-13-20-10-16(26-13)11-21-18(24)22-12-17(23-6-8-25-9-7-23)14-2-4-15(19)5-3-14/h2-5,10,17H,6-9,11-12H2,1H3,(H2,21,22,24). The first-order valence-electron chi connectivity index (χ1n) is 8.62. The molecular formula is C18H23ClN4O2S. The first-order chi connectivity index (χ1) is 12.6. The smallest absolute Gasteiger partial charge is 0.315 e. The Bertz CT molecular complexity index is 716. The number of morpholine rings is 1. The van der Waals surface area contributed by atoms with Crippen molar-refractivity contribution in [3.63, 3.8) is 0 Å². The van der Waals surface area contributed by atoms with E-state index in [0.29, 0.717) is 31.3 Å². The summed E-state index contributed by atoms with van der Waals surface area (Å²) in [4.78, 5) is 19.8. The highest BCUT2D eigenvalue weighted by molar-refractivity contribution is 7.11. The first kappa shape index (κ1) is 19.1. The molecule has 0 radical (unpaired) electrons. The van der Waals surface area contributed by atoms with Gasteiger partial charge in [0.05, 0.1) is 30.8 Å². The van der Waals surface area contributed by atoms with E-state index in [0.717, 1.165) is 28.5 Å². The third-order valence-corrected chi connectivity index (χ3v) is 5.45. The minimum Gasteiger partial charge on any atom is -0.379 e. The number of nitrogens with zero attached hydrogens (tertiary/aromatic N) is 2. The number of benzene rings is 1. The molecule has 26 heavy (non-hydrogen) atoms. The lowest BCUT2D eigenvalue weighted by atomic mass is 10.0. The fraction of sp³-hybridized carbons (Fsp3) is 0.444. The highest BCUT2D eigenvalue weighted by Gasteiger charge is 2.23. The molecule has 2 aromatic rings. The van der Waals surface area contributed by atoms with Gasteiger partial charge in [-0.05, 0) is 24.6 Å². The molecule has 3 rings (SSSR count). The number of rotatable bonds is 6. The van der Waals surface area contributed by atoms with Crippen LogP contribution in [0.4, 0.5) is 4.79 Å². The summed E-state index contributed by atoms with van der Waals surface area (Å²) in [5.41, 5.74) is 1.13. The van der Waals surface area contributed by atoms with Crippen LogP contribution in [0.2, 0.25) is 5.02 Å². The number of nitrogens with one attached hydrogen (secondary N) is 2. The van der Waals surface area contributed by atoms with Crippen LogP contribution in [0.5, 0.6) is 0 Å². The Hall–Kier alpha value is -1.67. The largest absolute Gasteiger partial charge is 0.379 e. The maximum absolute atomic E-state index is 12.2. The van der Waals surface area contributed by atoms with Gasteiger partial charge in [0.15, 0.2) is 0 Å². The zero-order valence-electron chi connectivity index (χ0n) is 14.7. The van der Waals surface area contributed by atoms with E-state index in [4.69, 9.17) is 16.3 Å². The maximum atomic E-state index is 12.2. The topological polar surface area (TPSA) is 66.5 Å². The lowest BCUT2D eigenvalue weighted by Gasteiger charge is -2.35. The number of carbonyl (C=O) groups excluding carboxylic acids is 1. The molecule has 1 saturated heterocycles. The molecule has 0 saturated carbocycles. The van der Waals surface area contributed by atoms with Crippen LogP contribution in [-0.4, -0.2) is 48.8 Å². The van der Waals surface area contributed by atoms with E-state index in [1.54, 1.807) is 17.5 Å². The second-order valence-electron chi connectivity index (χ2n) is 6.12. The molecule has 2 N–H and O–H groups in total. The summed E-state index contributed by atoms with van der Waals surface area (Å²) in [6, 6.07) is 7.72. The number of amides is 2. The number of carbonyl (C=O) groups is 1. The second kappa shape index (κ2) is 9.32. The summed E-state index contributed by atoms with van der Waals surface area (Å²) in [7, 11) is 0. The predicted octanol–water partition coefficient (Wildman–Crippen LogP) is 2.98. The zero-order valence-corrected chi connectivity index (χ0v) is 16.3. The summed E-state index contributed by atoms with van der Waals surface area (Å²) < 4.78 is 5.45. The van der Waals surface area contributed by atoms with E-state index >= 15 is 0 Å². The predicted molar refractivity (Wildman–Crippen MR) is 104 cm³/mol. The monoisotopic (exact) mass is 394 g/mol. The number of urea groups is 1. The third kappa shape index (κ3) is 5.41. The van der Waals surface area contributed by atoms with E-state index < -0.39 is 0 Å². The minimum absolute atomic E-state index is 0.0903. The number of ether oxygens (including phenoxy) is 1. The van der Waals surface area contributed by atoms with Crippen molar-refractivity contribution in [3.8, 4) is 0 Å². The Morgan fingerprint density at radius 1 is 1.31 bits per heavy atom. The Labute approximate surface area is 162 Å². The minimum atomic E-state index is -0.178. The van der Waals surface area contributed by atoms with Gasteiger partial charge in [-0.1, -0.05) is 23.7 Å². The van der Waals surface area contributed by atoms with Crippen LogP contribution in [0.15, 0.2) is 30.5 Å². The summed E-state index contributed by atoms with van der Waals surface area (Å²) in [5.74, 6) is 0. The van der Waals surface area contributed by atoms with Crippen molar-refractivity contribution in [2.24, 2.45) is 0 Å². The number of aryl methyl sites for hydroxylation is 1. The Morgan fingerprint density at radius 3 is 2.69 bits per heavy atom. The van der Waals surface area contributed by atoms with Crippen molar-refractivity contribution in [2.75, 3.05) is 32.8 Å². The van der Waals surface area contributed by atoms with Crippen LogP contribution >= 0.6 is 22.9 Å². The van der Waals surface area contributed by atoms with Gasteiger partial charge < -0.3 is 15.4 Å². The fourth-order valence-electron chi connectivity index (χ4n) is 2.94. The molecule has 2 amide bonds. The molecule has 1 aliphatic heterocycles. The van der Waals surface area contributed by atoms with Gasteiger partial charge in [-0.15, -0.1) is 11.3 Å². The van der Waals surface area contributed by atoms with Crippen molar-refractivity contribution in [2.45, 2.75) is 19.5 Å². The zero-order chi connectivity index (χ0) is 18.4. The SMILES string of the molecule is Cc1ncc(CNC(=O)NCC(c2ccc(Cl)cc2)N2CCOCC2)s1. The Kier molecular flexibility index (Phi) is 6.85. The van der Waals surface area contributed by atoms with Crippen LogP contribution in [0.1, 0.15) is 21.5 Å². The van der Waals surface area contributed by atoms with Gasteiger partial charge in [-0.25, -0.2) is 9.78 Å². The number of aromatic nitrogens is 1. The van der Waals surface area contributed by atoms with Crippen LogP contribution < -0.4 is 10.6 Å². The van der Waals surface area contributed by atoms with Gasteiger partial charge in [0, 0.05) is 35.7 Å². The van der Waals surface area contributed by atoms with Gasteiger partial charge >= 0.3 is 6.03 Å². The van der Waals surface area contributed by atoms with Crippen molar-refractivity contribution in [1.82, 2.24) is 20.5 Å². The van der Waals surface area contributed by atoms with E-state index in [1.807, 2.05) is 31.2 Å². The Balaban J connectivity index is 1.57. The molecule has 140 valence electrons. The van der Waals surface area contributed by atoms with Crippen molar-refractivity contribution in [1.29, 1.82) is 0 Å². The summed E-state index contributed by atoms with van der Waals surface area (Å²) in [5, 5.41) is 7.58. The number of thiazole rings is 1. The molecule has 1 atom stereocenters. The molecule has 2 heterocycles. The summed E-state index contributed by atoms with van der Waals surface area (Å²) in [6.45, 7) is 6.07. The van der Waals surface area contributed by atoms with Gasteiger partial charge in [0.25, 0.3) is 0 Å². The molecule has 1 aromatic carbocycles. The van der Waals surface area contributed by atoms with Gasteiger partial charge in [-0.3, -0.25) is 4.90 Å². The number of hydrogen-bond donors (Lipinski definition) is 2. The molecule has 1 aliphatic rings. The molecule has 6 nitrogen and oxygen atoms in total. The number of hydrogen-bond acceptors (Lipinski definition) is 5. The molecule has 1 unspecified atom stereocenters. The molecule has 8 heteroatoms. The van der Waals surface area contributed by atoms with Crippen molar-refractivity contribution >= 4 is 29.0 Å². The van der Waals surface area contributed by atoms with Crippen LogP contribution in [0.3, 0.4) is 0 Å². The average molecular weight is 395 g/mol. The molecule has 0 spiro atoms. The average Bonchev–Trinajstić information content (AvgIpc) is 3.08. The van der Waals surface area contributed by atoms with E-state index in [-0.39, 0.29) is 12.1 Å².